The fraction of sp³-hybridized carbons (Fsp3) is 0.222. The summed E-state index contributed by atoms with van der Waals surface area (Å²) in [7, 11) is 0. The smallest absolute Gasteiger partial charge is 0.0683 e. The summed E-state index contributed by atoms with van der Waals surface area (Å²) in [5, 5.41) is 0. The zero-order valence-electron chi connectivity index (χ0n) is 6.50. The van der Waals surface area contributed by atoms with E-state index in [0.717, 1.165) is 6.42 Å². The van der Waals surface area contributed by atoms with Crippen molar-refractivity contribution in [3.63, 3.8) is 0 Å². The van der Waals surface area contributed by atoms with Crippen molar-refractivity contribution in [2.24, 2.45) is 0 Å². The monoisotopic (exact) mass is 222 g/mol. The van der Waals surface area contributed by atoms with Crippen LogP contribution < -0.4 is 5.43 Å². The van der Waals surface area contributed by atoms with E-state index in [1.165, 1.54) is 5.56 Å². The molecule has 1 aromatic carbocycles. The molecule has 1 rings (SSSR count). The first-order chi connectivity index (χ1) is 4.83. The van der Waals surface area contributed by atoms with Gasteiger partial charge < -0.3 is 4.79 Å². The van der Waals surface area contributed by atoms with E-state index in [9.17, 15) is 4.79 Å². The third-order valence-corrected chi connectivity index (χ3v) is 1.38. The summed E-state index contributed by atoms with van der Waals surface area (Å²) in [5.41, 5.74) is 1.11. The average molecular weight is 222 g/mol. The van der Waals surface area contributed by atoms with Crippen molar-refractivity contribution in [2.75, 3.05) is 0 Å². The van der Waals surface area contributed by atoms with Crippen LogP contribution in [0.25, 0.3) is 0 Å². The van der Waals surface area contributed by atoms with Gasteiger partial charge in [0.25, 0.3) is 0 Å². The minimum Gasteiger partial charge on any atom is -0.319 e. The van der Waals surface area contributed by atoms with Crippen molar-refractivity contribution in [2.45, 2.75) is 13.3 Å². The van der Waals surface area contributed by atoms with Gasteiger partial charge in [-0.2, -0.15) is 12.1 Å². The first-order valence-electron chi connectivity index (χ1n) is 3.34. The maximum Gasteiger partial charge on any atom is 0.0683 e. The maximum atomic E-state index is 10.7. The fourth-order valence-electron chi connectivity index (χ4n) is 0.753. The molecule has 0 saturated carbocycles. The van der Waals surface area contributed by atoms with Crippen molar-refractivity contribution in [1.82, 2.24) is 0 Å². The molecule has 0 unspecified atom stereocenters. The van der Waals surface area contributed by atoms with Crippen molar-refractivity contribution in [1.29, 1.82) is 0 Å². The molecular weight excluding hydrogens is 213 g/mol. The molecule has 1 nitrogen and oxygen atoms in total. The van der Waals surface area contributed by atoms with Crippen LogP contribution >= 0.6 is 0 Å². The van der Waals surface area contributed by atoms with Gasteiger partial charge in [-0.3, -0.25) is 0 Å². The molecule has 0 aromatic heterocycles. The van der Waals surface area contributed by atoms with E-state index < -0.39 is 0 Å². The van der Waals surface area contributed by atoms with E-state index in [4.69, 9.17) is 0 Å². The quantitative estimate of drug-likeness (QED) is 0.656. The van der Waals surface area contributed by atoms with Gasteiger partial charge in [0, 0.05) is 32.7 Å². The summed E-state index contributed by atoms with van der Waals surface area (Å²) < 4.78 is 0. The zero-order valence-corrected chi connectivity index (χ0v) is 9.34. The molecule has 0 saturated heterocycles. The molecule has 2 heteroatoms. The largest absolute Gasteiger partial charge is 0.319 e. The van der Waals surface area contributed by atoms with Crippen molar-refractivity contribution >= 4 is 0 Å². The number of hydrogen-bond acceptors (Lipinski definition) is 1. The average Bonchev–Trinajstić information content (AvgIpc) is 2.14. The molecule has 0 spiro atoms. The summed E-state index contributed by atoms with van der Waals surface area (Å²) in [4.78, 5) is 10.7. The van der Waals surface area contributed by atoms with E-state index in [1.807, 2.05) is 12.1 Å². The van der Waals surface area contributed by atoms with Crippen molar-refractivity contribution < 1.29 is 32.7 Å². The van der Waals surface area contributed by atoms with Gasteiger partial charge in [-0.15, -0.1) is 23.8 Å². The number of aryl methyl sites for hydroxylation is 1. The summed E-state index contributed by atoms with van der Waals surface area (Å²) in [6, 6.07) is 9.53. The molecule has 0 bridgehead atoms. The molecule has 1 radical (unpaired) electrons. The molecule has 0 amide bonds. The Balaban J connectivity index is 0.000001000. The first kappa shape index (κ1) is 11.0. The summed E-state index contributed by atoms with van der Waals surface area (Å²) in [6.45, 7) is 2.06. The Morgan fingerprint density at radius 1 is 1.36 bits per heavy atom. The van der Waals surface area contributed by atoms with Gasteiger partial charge in [0.05, 0.1) is 5.43 Å². The van der Waals surface area contributed by atoms with Crippen LogP contribution in [0.3, 0.4) is 0 Å². The van der Waals surface area contributed by atoms with Crippen molar-refractivity contribution in [3.05, 3.63) is 46.1 Å². The van der Waals surface area contributed by atoms with Crippen LogP contribution in [0.15, 0.2) is 29.1 Å². The molecule has 0 atom stereocenters. The van der Waals surface area contributed by atoms with E-state index in [-0.39, 0.29) is 38.1 Å². The topological polar surface area (TPSA) is 17.1 Å². The minimum absolute atomic E-state index is 0. The second-order valence-corrected chi connectivity index (χ2v) is 2.10. The predicted molar refractivity (Wildman–Crippen MR) is 40.9 cm³/mol. The molecule has 0 aliphatic heterocycles. The summed E-state index contributed by atoms with van der Waals surface area (Å²) in [5.74, 6) is 0. The second kappa shape index (κ2) is 5.62. The van der Waals surface area contributed by atoms with Crippen LogP contribution in [0.1, 0.15) is 12.5 Å². The van der Waals surface area contributed by atoms with E-state index >= 15 is 0 Å². The Morgan fingerprint density at radius 3 is 2.73 bits per heavy atom. The second-order valence-electron chi connectivity index (χ2n) is 2.10. The Morgan fingerprint density at radius 2 is 2.09 bits per heavy atom. The van der Waals surface area contributed by atoms with Gasteiger partial charge in [0.2, 0.25) is 0 Å². The molecule has 0 fully saturated rings. The first-order valence-corrected chi connectivity index (χ1v) is 3.34. The van der Waals surface area contributed by atoms with Crippen molar-refractivity contribution in [3.8, 4) is 0 Å². The van der Waals surface area contributed by atoms with Crippen LogP contribution in [-0.4, -0.2) is 0 Å². The normalized spacial score (nSPS) is 8.45. The number of hydrogen-bond donors (Lipinski definition) is 0. The summed E-state index contributed by atoms with van der Waals surface area (Å²) in [6.07, 6.45) is 0.960. The fourth-order valence-corrected chi connectivity index (χ4v) is 0.753. The van der Waals surface area contributed by atoms with E-state index in [1.54, 1.807) is 12.1 Å². The van der Waals surface area contributed by atoms with Gasteiger partial charge in [-0.25, -0.2) is 0 Å². The van der Waals surface area contributed by atoms with E-state index in [2.05, 4.69) is 13.0 Å². The molecule has 0 aliphatic carbocycles. The Labute approximate surface area is 91.7 Å². The molecule has 1 aromatic rings. The molecule has 0 aliphatic rings. The summed E-state index contributed by atoms with van der Waals surface area (Å²) >= 11 is 0. The van der Waals surface area contributed by atoms with Gasteiger partial charge in [0.15, 0.2) is 0 Å². The Bertz CT molecular complexity index is 270. The van der Waals surface area contributed by atoms with Crippen LogP contribution in [0.5, 0.6) is 0 Å². The van der Waals surface area contributed by atoms with Gasteiger partial charge >= 0.3 is 0 Å². The predicted octanol–water partition coefficient (Wildman–Crippen LogP) is 1.41. The third-order valence-electron chi connectivity index (χ3n) is 1.38. The van der Waals surface area contributed by atoms with Crippen LogP contribution in [0.4, 0.5) is 0 Å². The standard InChI is InChI=1S/C9H9O.Y/c1-2-8-4-3-5-9(10)7-6-8;/h3-4,6-7H,2H2,1H3;/q-1;. The SMILES string of the molecule is CCc1cc[c-]c(=O)cc1.[Y]. The van der Waals surface area contributed by atoms with Gasteiger partial charge in [-0.1, -0.05) is 6.92 Å². The van der Waals surface area contributed by atoms with Crippen LogP contribution in [0.2, 0.25) is 0 Å². The Kier molecular flexibility index (Phi) is 5.62. The minimum atomic E-state index is -0.0558. The zero-order chi connectivity index (χ0) is 7.40. The molecule has 0 heterocycles. The van der Waals surface area contributed by atoms with Gasteiger partial charge in [-0.05, 0) is 6.42 Å². The Hall–Kier alpha value is -0.00610. The van der Waals surface area contributed by atoms with Gasteiger partial charge in [0.1, 0.15) is 0 Å². The molecule has 0 N–H and O–H groups in total. The molecule has 55 valence electrons. The van der Waals surface area contributed by atoms with E-state index in [0.29, 0.717) is 0 Å². The third kappa shape index (κ3) is 3.78. The van der Waals surface area contributed by atoms with Crippen LogP contribution in [-0.2, 0) is 39.1 Å². The number of rotatable bonds is 1. The maximum absolute atomic E-state index is 10.7. The van der Waals surface area contributed by atoms with Crippen LogP contribution in [0, 0.1) is 6.07 Å². The molecular formula is C9H9OY-. The molecule has 11 heavy (non-hydrogen) atoms.